The number of anilines is 1. The van der Waals surface area contributed by atoms with Crippen molar-refractivity contribution in [3.63, 3.8) is 0 Å². The van der Waals surface area contributed by atoms with Crippen LogP contribution in [0, 0.1) is 13.8 Å². The van der Waals surface area contributed by atoms with E-state index in [1.54, 1.807) is 0 Å². The van der Waals surface area contributed by atoms with Crippen LogP contribution in [-0.4, -0.2) is 14.7 Å². The largest absolute Gasteiger partial charge is 0.351 e. The molecule has 150 valence electrons. The van der Waals surface area contributed by atoms with Gasteiger partial charge < -0.3 is 14.8 Å². The molecule has 0 aliphatic carbocycles. The number of benzene rings is 1. The monoisotopic (exact) mass is 424 g/mol. The van der Waals surface area contributed by atoms with Crippen LogP contribution in [0.3, 0.4) is 0 Å². The molecule has 29 heavy (non-hydrogen) atoms. The number of halogens is 1. The minimum atomic E-state index is -0.0412. The molecule has 4 rings (SSSR count). The highest BCUT2D eigenvalue weighted by Crippen LogP contribution is 2.43. The Morgan fingerprint density at radius 2 is 1.83 bits per heavy atom. The summed E-state index contributed by atoms with van der Waals surface area (Å²) in [6.07, 6.45) is 1.83. The minimum absolute atomic E-state index is 0.00252. The summed E-state index contributed by atoms with van der Waals surface area (Å²) in [5.74, 6) is 0. The summed E-state index contributed by atoms with van der Waals surface area (Å²) in [6.45, 7) is 8.79. The average molecular weight is 425 g/mol. The van der Waals surface area contributed by atoms with Crippen molar-refractivity contribution in [2.24, 2.45) is 0 Å². The molecule has 0 amide bonds. The predicted molar refractivity (Wildman–Crippen MR) is 124 cm³/mol. The van der Waals surface area contributed by atoms with Crippen molar-refractivity contribution in [3.05, 3.63) is 82.4 Å². The molecule has 4 nitrogen and oxygen atoms in total. The number of nitrogens with zero attached hydrogens (tertiary/aromatic N) is 3. The molecule has 0 saturated carbocycles. The van der Waals surface area contributed by atoms with Crippen LogP contribution in [0.25, 0.3) is 0 Å². The fraction of sp³-hybridized carbons (Fsp3) is 0.304. The van der Waals surface area contributed by atoms with Gasteiger partial charge in [-0.2, -0.15) is 0 Å². The van der Waals surface area contributed by atoms with E-state index in [1.807, 2.05) is 42.6 Å². The topological polar surface area (TPSA) is 33.1 Å². The van der Waals surface area contributed by atoms with E-state index < -0.39 is 0 Å². The molecule has 1 aromatic carbocycles. The smallest absolute Gasteiger partial charge is 0.174 e. The quantitative estimate of drug-likeness (QED) is 0.527. The summed E-state index contributed by atoms with van der Waals surface area (Å²) in [5.41, 5.74) is 5.76. The molecular weight excluding hydrogens is 400 g/mol. The minimum Gasteiger partial charge on any atom is -0.351 e. The standard InChI is InChI=1S/C23H25ClN4S/c1-14(2)27-15(3)13-19(16(27)4)22-21(20-7-5-6-12-25-20)26-23(29)28(22)18-10-8-17(24)9-11-18/h5-14,21-22H,1-4H3,(H,26,29). The molecule has 1 aliphatic heterocycles. The van der Waals surface area contributed by atoms with Gasteiger partial charge in [-0.25, -0.2) is 0 Å². The van der Waals surface area contributed by atoms with Crippen molar-refractivity contribution >= 4 is 34.6 Å². The molecule has 0 radical (unpaired) electrons. The fourth-order valence-electron chi connectivity index (χ4n) is 4.45. The van der Waals surface area contributed by atoms with E-state index in [2.05, 4.69) is 59.6 Å². The van der Waals surface area contributed by atoms with E-state index >= 15 is 0 Å². The SMILES string of the molecule is Cc1cc(C2C(c3ccccn3)NC(=S)N2c2ccc(Cl)cc2)c(C)n1C(C)C. The first-order valence-electron chi connectivity index (χ1n) is 9.83. The molecule has 2 unspecified atom stereocenters. The lowest BCUT2D eigenvalue weighted by molar-refractivity contribution is 0.547. The van der Waals surface area contributed by atoms with E-state index in [-0.39, 0.29) is 12.1 Å². The van der Waals surface area contributed by atoms with E-state index in [0.29, 0.717) is 16.2 Å². The lowest BCUT2D eigenvalue weighted by Crippen LogP contribution is -2.29. The maximum absolute atomic E-state index is 6.14. The highest BCUT2D eigenvalue weighted by Gasteiger charge is 2.42. The van der Waals surface area contributed by atoms with Crippen molar-refractivity contribution in [3.8, 4) is 0 Å². The Labute approximate surface area is 182 Å². The second kappa shape index (κ2) is 7.81. The molecule has 1 saturated heterocycles. The van der Waals surface area contributed by atoms with Crippen molar-refractivity contribution in [1.82, 2.24) is 14.9 Å². The third kappa shape index (κ3) is 3.53. The lowest BCUT2D eigenvalue weighted by atomic mass is 9.96. The van der Waals surface area contributed by atoms with Crippen LogP contribution in [0.1, 0.15) is 54.6 Å². The van der Waals surface area contributed by atoms with Crippen LogP contribution in [-0.2, 0) is 0 Å². The molecule has 2 atom stereocenters. The van der Waals surface area contributed by atoms with Crippen LogP contribution in [0.15, 0.2) is 54.7 Å². The van der Waals surface area contributed by atoms with Gasteiger partial charge in [-0.05, 0) is 87.9 Å². The fourth-order valence-corrected chi connectivity index (χ4v) is 4.92. The second-order valence-electron chi connectivity index (χ2n) is 7.76. The Morgan fingerprint density at radius 3 is 2.41 bits per heavy atom. The van der Waals surface area contributed by atoms with Gasteiger partial charge in [-0.3, -0.25) is 4.98 Å². The maximum atomic E-state index is 6.14. The number of rotatable bonds is 4. The van der Waals surface area contributed by atoms with E-state index in [4.69, 9.17) is 23.8 Å². The Hall–Kier alpha value is -2.37. The number of hydrogen-bond donors (Lipinski definition) is 1. The molecule has 1 fully saturated rings. The molecule has 6 heteroatoms. The van der Waals surface area contributed by atoms with Gasteiger partial charge in [-0.15, -0.1) is 0 Å². The normalized spacial score (nSPS) is 19.1. The molecule has 2 aromatic heterocycles. The van der Waals surface area contributed by atoms with Gasteiger partial charge >= 0.3 is 0 Å². The van der Waals surface area contributed by atoms with Crippen molar-refractivity contribution in [2.75, 3.05) is 4.90 Å². The van der Waals surface area contributed by atoms with Gasteiger partial charge in [0.1, 0.15) is 0 Å². The van der Waals surface area contributed by atoms with Crippen LogP contribution >= 0.6 is 23.8 Å². The Balaban J connectivity index is 1.88. The van der Waals surface area contributed by atoms with E-state index in [9.17, 15) is 0 Å². The average Bonchev–Trinajstić information content (AvgIpc) is 3.19. The van der Waals surface area contributed by atoms with Gasteiger partial charge in [-0.1, -0.05) is 17.7 Å². The van der Waals surface area contributed by atoms with Crippen molar-refractivity contribution in [1.29, 1.82) is 0 Å². The van der Waals surface area contributed by atoms with Crippen LogP contribution in [0.4, 0.5) is 5.69 Å². The van der Waals surface area contributed by atoms with Crippen molar-refractivity contribution < 1.29 is 0 Å². The van der Waals surface area contributed by atoms with Crippen molar-refractivity contribution in [2.45, 2.75) is 45.8 Å². The predicted octanol–water partition coefficient (Wildman–Crippen LogP) is 5.91. The van der Waals surface area contributed by atoms with Gasteiger partial charge in [0.05, 0.1) is 17.8 Å². The van der Waals surface area contributed by atoms with Gasteiger partial charge in [0.15, 0.2) is 5.11 Å². The van der Waals surface area contributed by atoms with Crippen LogP contribution in [0.2, 0.25) is 5.02 Å². The number of aromatic nitrogens is 2. The molecule has 1 N–H and O–H groups in total. The molecular formula is C23H25ClN4S. The number of pyridine rings is 1. The summed E-state index contributed by atoms with van der Waals surface area (Å²) in [6, 6.07) is 16.5. The molecule has 3 aromatic rings. The summed E-state index contributed by atoms with van der Waals surface area (Å²) < 4.78 is 2.38. The zero-order valence-corrected chi connectivity index (χ0v) is 18.6. The first-order chi connectivity index (χ1) is 13.9. The third-order valence-corrected chi connectivity index (χ3v) is 6.13. The van der Waals surface area contributed by atoms with Crippen LogP contribution in [0.5, 0.6) is 0 Å². The number of thiocarbonyl (C=S) groups is 1. The summed E-state index contributed by atoms with van der Waals surface area (Å²) in [7, 11) is 0. The zero-order valence-electron chi connectivity index (χ0n) is 17.1. The van der Waals surface area contributed by atoms with Gasteiger partial charge in [0, 0.05) is 34.3 Å². The van der Waals surface area contributed by atoms with E-state index in [1.165, 1.54) is 17.0 Å². The maximum Gasteiger partial charge on any atom is 0.174 e. The highest BCUT2D eigenvalue weighted by atomic mass is 35.5. The molecule has 0 spiro atoms. The number of aryl methyl sites for hydroxylation is 1. The second-order valence-corrected chi connectivity index (χ2v) is 8.59. The summed E-state index contributed by atoms with van der Waals surface area (Å²) in [5, 5.41) is 4.93. The summed E-state index contributed by atoms with van der Waals surface area (Å²) >= 11 is 11.9. The first-order valence-corrected chi connectivity index (χ1v) is 10.6. The zero-order chi connectivity index (χ0) is 20.7. The Kier molecular flexibility index (Phi) is 5.36. The van der Waals surface area contributed by atoms with Crippen LogP contribution < -0.4 is 10.2 Å². The lowest BCUT2D eigenvalue weighted by Gasteiger charge is -2.28. The van der Waals surface area contributed by atoms with E-state index in [0.717, 1.165) is 11.4 Å². The molecule has 0 bridgehead atoms. The third-order valence-electron chi connectivity index (χ3n) is 5.56. The summed E-state index contributed by atoms with van der Waals surface area (Å²) in [4.78, 5) is 6.82. The molecule has 3 heterocycles. The molecule has 1 aliphatic rings. The van der Waals surface area contributed by atoms with Gasteiger partial charge in [0.25, 0.3) is 0 Å². The number of nitrogens with one attached hydrogen (secondary N) is 1. The Bertz CT molecular complexity index is 1030. The first kappa shape index (κ1) is 19.9. The number of hydrogen-bond acceptors (Lipinski definition) is 2. The Morgan fingerprint density at radius 1 is 1.10 bits per heavy atom. The highest BCUT2D eigenvalue weighted by molar-refractivity contribution is 7.80. The van der Waals surface area contributed by atoms with Gasteiger partial charge in [0.2, 0.25) is 0 Å².